The maximum absolute atomic E-state index is 12.2. The Morgan fingerprint density at radius 3 is 2.30 bits per heavy atom. The highest BCUT2D eigenvalue weighted by atomic mass is 32.2. The monoisotopic (exact) mass is 346 g/mol. The number of likely N-dealkylation sites (tertiary alicyclic amines) is 1. The Kier molecular flexibility index (Phi) is 6.85. The van der Waals surface area contributed by atoms with Gasteiger partial charge in [-0.2, -0.15) is 0 Å². The minimum Gasteiger partial charge on any atom is -0.368 e. The molecule has 1 heterocycles. The Morgan fingerprint density at radius 2 is 1.74 bits per heavy atom. The SMILES string of the molecule is CCS(=O)(=O)N(C)C1CCN(C(=O)COC2CCCCC2)CC1. The third-order valence-corrected chi connectivity index (χ3v) is 7.03. The van der Waals surface area contributed by atoms with Crippen LogP contribution < -0.4 is 0 Å². The van der Waals surface area contributed by atoms with Crippen LogP contribution in [-0.4, -0.2) is 68.2 Å². The molecule has 6 nitrogen and oxygen atoms in total. The lowest BCUT2D eigenvalue weighted by molar-refractivity contribution is -0.140. The summed E-state index contributed by atoms with van der Waals surface area (Å²) in [5.41, 5.74) is 0. The van der Waals surface area contributed by atoms with E-state index < -0.39 is 10.0 Å². The third kappa shape index (κ3) is 5.16. The standard InChI is InChI=1S/C16H30N2O4S/c1-3-23(20,21)17(2)14-9-11-18(12-10-14)16(19)13-22-15-7-5-4-6-8-15/h14-15H,3-13H2,1-2H3. The second kappa shape index (κ2) is 8.44. The number of carbonyl (C=O) groups is 1. The summed E-state index contributed by atoms with van der Waals surface area (Å²) in [6.07, 6.45) is 7.44. The average Bonchev–Trinajstić information content (AvgIpc) is 2.60. The number of carbonyl (C=O) groups excluding carboxylic acids is 1. The highest BCUT2D eigenvalue weighted by molar-refractivity contribution is 7.89. The molecular formula is C16H30N2O4S. The molecule has 0 bridgehead atoms. The molecule has 0 spiro atoms. The molecule has 0 N–H and O–H groups in total. The first-order chi connectivity index (χ1) is 10.9. The molecule has 2 aliphatic rings. The second-order valence-electron chi connectivity index (χ2n) is 6.60. The van der Waals surface area contributed by atoms with Gasteiger partial charge in [0.1, 0.15) is 6.61 Å². The van der Waals surface area contributed by atoms with Crippen LogP contribution in [0.15, 0.2) is 0 Å². The molecule has 1 saturated heterocycles. The number of nitrogens with zero attached hydrogens (tertiary/aromatic N) is 2. The van der Waals surface area contributed by atoms with E-state index in [0.717, 1.165) is 12.8 Å². The van der Waals surface area contributed by atoms with Crippen LogP contribution >= 0.6 is 0 Å². The van der Waals surface area contributed by atoms with Crippen molar-refractivity contribution in [2.45, 2.75) is 64.0 Å². The van der Waals surface area contributed by atoms with Crippen LogP contribution in [0.3, 0.4) is 0 Å². The van der Waals surface area contributed by atoms with Crippen molar-refractivity contribution in [3.05, 3.63) is 0 Å². The molecule has 134 valence electrons. The van der Waals surface area contributed by atoms with E-state index >= 15 is 0 Å². The fourth-order valence-corrected chi connectivity index (χ4v) is 4.49. The molecular weight excluding hydrogens is 316 g/mol. The second-order valence-corrected chi connectivity index (χ2v) is 8.92. The van der Waals surface area contributed by atoms with Crippen molar-refractivity contribution < 1.29 is 17.9 Å². The zero-order valence-electron chi connectivity index (χ0n) is 14.4. The van der Waals surface area contributed by atoms with Gasteiger partial charge in [0.25, 0.3) is 0 Å². The highest BCUT2D eigenvalue weighted by Crippen LogP contribution is 2.21. The molecule has 1 saturated carbocycles. The van der Waals surface area contributed by atoms with Gasteiger partial charge >= 0.3 is 0 Å². The summed E-state index contributed by atoms with van der Waals surface area (Å²) in [7, 11) is -1.51. The van der Waals surface area contributed by atoms with Crippen LogP contribution in [-0.2, 0) is 19.6 Å². The summed E-state index contributed by atoms with van der Waals surface area (Å²) in [6, 6.07) is 0.00302. The van der Waals surface area contributed by atoms with E-state index in [1.165, 1.54) is 23.6 Å². The zero-order valence-corrected chi connectivity index (χ0v) is 15.2. The fraction of sp³-hybridized carbons (Fsp3) is 0.938. The van der Waals surface area contributed by atoms with Crippen molar-refractivity contribution in [3.63, 3.8) is 0 Å². The summed E-state index contributed by atoms with van der Waals surface area (Å²) in [4.78, 5) is 14.1. The van der Waals surface area contributed by atoms with E-state index in [0.29, 0.717) is 25.9 Å². The van der Waals surface area contributed by atoms with Crippen LogP contribution in [0.1, 0.15) is 51.9 Å². The van der Waals surface area contributed by atoms with Crippen LogP contribution in [0.5, 0.6) is 0 Å². The van der Waals surface area contributed by atoms with Gasteiger partial charge in [-0.25, -0.2) is 12.7 Å². The normalized spacial score (nSPS) is 21.8. The molecule has 1 aliphatic carbocycles. The summed E-state index contributed by atoms with van der Waals surface area (Å²) in [5, 5.41) is 0. The molecule has 1 amide bonds. The van der Waals surface area contributed by atoms with Crippen molar-refractivity contribution in [3.8, 4) is 0 Å². The Balaban J connectivity index is 1.74. The van der Waals surface area contributed by atoms with Gasteiger partial charge in [0.2, 0.25) is 15.9 Å². The number of hydrogen-bond donors (Lipinski definition) is 0. The van der Waals surface area contributed by atoms with Crippen LogP contribution in [0, 0.1) is 0 Å². The first-order valence-electron chi connectivity index (χ1n) is 8.79. The molecule has 2 fully saturated rings. The molecule has 0 radical (unpaired) electrons. The lowest BCUT2D eigenvalue weighted by Gasteiger charge is -2.36. The summed E-state index contributed by atoms with van der Waals surface area (Å²) < 4.78 is 31.1. The fourth-order valence-electron chi connectivity index (χ4n) is 3.42. The van der Waals surface area contributed by atoms with Gasteiger partial charge in [-0.05, 0) is 32.6 Å². The van der Waals surface area contributed by atoms with Crippen LogP contribution in [0.25, 0.3) is 0 Å². The molecule has 0 aromatic heterocycles. The molecule has 0 aromatic rings. The number of sulfonamides is 1. The molecule has 0 unspecified atom stereocenters. The van der Waals surface area contributed by atoms with E-state index in [2.05, 4.69) is 0 Å². The molecule has 0 atom stereocenters. The Labute approximate surface area is 140 Å². The van der Waals surface area contributed by atoms with E-state index in [4.69, 9.17) is 4.74 Å². The number of rotatable bonds is 6. The first kappa shape index (κ1) is 18.7. The van der Waals surface area contributed by atoms with Gasteiger partial charge in [0.05, 0.1) is 11.9 Å². The van der Waals surface area contributed by atoms with E-state index in [1.54, 1.807) is 14.0 Å². The molecule has 2 rings (SSSR count). The largest absolute Gasteiger partial charge is 0.368 e. The lowest BCUT2D eigenvalue weighted by Crippen LogP contribution is -2.48. The number of piperidine rings is 1. The smallest absolute Gasteiger partial charge is 0.248 e. The van der Waals surface area contributed by atoms with Crippen molar-refractivity contribution in [2.24, 2.45) is 0 Å². The predicted octanol–water partition coefficient (Wildman–Crippen LogP) is 1.61. The van der Waals surface area contributed by atoms with Gasteiger partial charge < -0.3 is 9.64 Å². The average molecular weight is 346 g/mol. The van der Waals surface area contributed by atoms with Gasteiger partial charge in [0.15, 0.2) is 0 Å². The van der Waals surface area contributed by atoms with Gasteiger partial charge in [-0.1, -0.05) is 19.3 Å². The molecule has 23 heavy (non-hydrogen) atoms. The topological polar surface area (TPSA) is 66.9 Å². The zero-order chi connectivity index (χ0) is 16.9. The maximum atomic E-state index is 12.2. The van der Waals surface area contributed by atoms with Crippen molar-refractivity contribution in [1.29, 1.82) is 0 Å². The van der Waals surface area contributed by atoms with Gasteiger partial charge in [0, 0.05) is 26.2 Å². The number of hydrogen-bond acceptors (Lipinski definition) is 4. The summed E-state index contributed by atoms with van der Waals surface area (Å²) in [6.45, 7) is 3.05. The van der Waals surface area contributed by atoms with Gasteiger partial charge in [-0.15, -0.1) is 0 Å². The van der Waals surface area contributed by atoms with E-state index in [-0.39, 0.29) is 30.4 Å². The Bertz CT molecular complexity index is 480. The summed E-state index contributed by atoms with van der Waals surface area (Å²) in [5.74, 6) is 0.160. The van der Waals surface area contributed by atoms with Crippen molar-refractivity contribution in [1.82, 2.24) is 9.21 Å². The van der Waals surface area contributed by atoms with Gasteiger partial charge in [-0.3, -0.25) is 4.79 Å². The quantitative estimate of drug-likeness (QED) is 0.733. The van der Waals surface area contributed by atoms with E-state index in [1.807, 2.05) is 4.90 Å². The van der Waals surface area contributed by atoms with Crippen LogP contribution in [0.2, 0.25) is 0 Å². The first-order valence-corrected chi connectivity index (χ1v) is 10.4. The Morgan fingerprint density at radius 1 is 1.13 bits per heavy atom. The molecule has 0 aromatic carbocycles. The minimum atomic E-state index is -3.16. The minimum absolute atomic E-state index is 0.00302. The Hall–Kier alpha value is -0.660. The van der Waals surface area contributed by atoms with E-state index in [9.17, 15) is 13.2 Å². The molecule has 1 aliphatic heterocycles. The van der Waals surface area contributed by atoms with Crippen molar-refractivity contribution in [2.75, 3.05) is 32.5 Å². The highest BCUT2D eigenvalue weighted by Gasteiger charge is 2.30. The van der Waals surface area contributed by atoms with Crippen molar-refractivity contribution >= 4 is 15.9 Å². The van der Waals surface area contributed by atoms with Crippen LogP contribution in [0.4, 0.5) is 0 Å². The third-order valence-electron chi connectivity index (χ3n) is 5.13. The molecule has 7 heteroatoms. The number of amides is 1. The summed E-state index contributed by atoms with van der Waals surface area (Å²) >= 11 is 0. The predicted molar refractivity (Wildman–Crippen MR) is 89.7 cm³/mol. The maximum Gasteiger partial charge on any atom is 0.248 e. The lowest BCUT2D eigenvalue weighted by atomic mass is 9.98. The number of ether oxygens (including phenoxy) is 1.